The van der Waals surface area contributed by atoms with E-state index in [1.54, 1.807) is 55.6 Å². The van der Waals surface area contributed by atoms with Crippen LogP contribution >= 0.6 is 0 Å². The predicted octanol–water partition coefficient (Wildman–Crippen LogP) is 4.34. The molecule has 4 atom stereocenters. The second kappa shape index (κ2) is 8.24. The van der Waals surface area contributed by atoms with Crippen LogP contribution in [0.2, 0.25) is 0 Å². The van der Waals surface area contributed by atoms with Gasteiger partial charge in [-0.05, 0) is 47.5 Å². The zero-order chi connectivity index (χ0) is 27.1. The van der Waals surface area contributed by atoms with Crippen molar-refractivity contribution >= 4 is 40.6 Å². The number of anilines is 2. The summed E-state index contributed by atoms with van der Waals surface area (Å²) in [6.45, 7) is 1.88. The lowest BCUT2D eigenvalue weighted by molar-refractivity contribution is -0.144. The van der Waals surface area contributed by atoms with Gasteiger partial charge >= 0.3 is 0 Å². The van der Waals surface area contributed by atoms with E-state index >= 15 is 0 Å². The van der Waals surface area contributed by atoms with Crippen LogP contribution in [-0.4, -0.2) is 30.7 Å². The fourth-order valence-electron chi connectivity index (χ4n) is 7.55. The lowest BCUT2D eigenvalue weighted by Gasteiger charge is -2.54. The number of carbonyl (C=O) groups excluding carboxylic acids is 4. The number of rotatable bonds is 4. The van der Waals surface area contributed by atoms with E-state index in [4.69, 9.17) is 4.74 Å². The molecule has 2 saturated heterocycles. The fraction of sp³-hybridized carbons (Fsp3) is 0.250. The first-order valence-electron chi connectivity index (χ1n) is 13.1. The molecule has 8 rings (SSSR count). The fourth-order valence-corrected chi connectivity index (χ4v) is 7.55. The van der Waals surface area contributed by atoms with Gasteiger partial charge in [0.15, 0.2) is 0 Å². The highest BCUT2D eigenvalue weighted by atomic mass is 16.5. The number of ether oxygens (including phenoxy) is 1. The zero-order valence-electron chi connectivity index (χ0n) is 21.5. The van der Waals surface area contributed by atoms with Crippen LogP contribution in [0.25, 0.3) is 5.57 Å². The van der Waals surface area contributed by atoms with Gasteiger partial charge in [-0.1, -0.05) is 61.5 Å². The maximum absolute atomic E-state index is 14.1. The maximum atomic E-state index is 14.1. The van der Waals surface area contributed by atoms with E-state index in [-0.39, 0.29) is 23.6 Å². The zero-order valence-corrected chi connectivity index (χ0v) is 21.5. The quantitative estimate of drug-likeness (QED) is 0.480. The van der Waals surface area contributed by atoms with E-state index in [0.717, 1.165) is 11.1 Å². The number of benzene rings is 3. The third kappa shape index (κ3) is 3.04. The minimum atomic E-state index is -1.04. The Balaban J connectivity index is 1.42. The number of nitrogens with zero attached hydrogens (tertiary/aromatic N) is 2. The number of imide groups is 2. The van der Waals surface area contributed by atoms with Crippen molar-refractivity contribution in [2.45, 2.75) is 6.92 Å². The molecular formula is C32H26N2O5. The van der Waals surface area contributed by atoms with Crippen LogP contribution in [0.1, 0.15) is 12.5 Å². The third-order valence-corrected chi connectivity index (χ3v) is 9.09. The lowest BCUT2D eigenvalue weighted by atomic mass is 9.45. The Morgan fingerprint density at radius 1 is 0.615 bits per heavy atom. The topological polar surface area (TPSA) is 84.0 Å². The highest BCUT2D eigenvalue weighted by Gasteiger charge is 2.74. The van der Waals surface area contributed by atoms with Crippen LogP contribution < -0.4 is 14.5 Å². The molecule has 3 aromatic rings. The first-order chi connectivity index (χ1) is 18.9. The molecule has 0 N–H and O–H groups in total. The molecule has 5 aliphatic rings. The number of methoxy groups -OCH3 is 1. The summed E-state index contributed by atoms with van der Waals surface area (Å²) in [6, 6.07) is 25.3. The van der Waals surface area contributed by atoms with Crippen molar-refractivity contribution in [2.24, 2.45) is 35.0 Å². The Bertz CT molecular complexity index is 1480. The number of carbonyl (C=O) groups is 4. The van der Waals surface area contributed by atoms with Gasteiger partial charge in [0.25, 0.3) is 0 Å². The van der Waals surface area contributed by atoms with Crippen LogP contribution in [0.4, 0.5) is 11.4 Å². The average molecular weight is 519 g/mol. The molecule has 39 heavy (non-hydrogen) atoms. The van der Waals surface area contributed by atoms with Crippen molar-refractivity contribution in [3.05, 3.63) is 96.6 Å². The Morgan fingerprint density at radius 3 is 1.51 bits per heavy atom. The summed E-state index contributed by atoms with van der Waals surface area (Å²) < 4.78 is 5.33. The number of hydrogen-bond acceptors (Lipinski definition) is 5. The molecule has 4 unspecified atom stereocenters. The minimum Gasteiger partial charge on any atom is -0.497 e. The lowest BCUT2D eigenvalue weighted by Crippen LogP contribution is -2.57. The average Bonchev–Trinajstić information content (AvgIpc) is 3.40. The first-order valence-corrected chi connectivity index (χ1v) is 13.1. The van der Waals surface area contributed by atoms with Crippen molar-refractivity contribution in [1.82, 2.24) is 0 Å². The van der Waals surface area contributed by atoms with Gasteiger partial charge in [-0.15, -0.1) is 0 Å². The number of para-hydroxylation sites is 2. The summed E-state index contributed by atoms with van der Waals surface area (Å²) in [4.78, 5) is 58.9. The molecule has 7 nitrogen and oxygen atoms in total. The van der Waals surface area contributed by atoms with Crippen LogP contribution in [0.3, 0.4) is 0 Å². The highest BCUT2D eigenvalue weighted by Crippen LogP contribution is 2.67. The monoisotopic (exact) mass is 518 g/mol. The van der Waals surface area contributed by atoms with Crippen LogP contribution in [0, 0.1) is 35.0 Å². The summed E-state index contributed by atoms with van der Waals surface area (Å²) in [5.41, 5.74) is 1.65. The summed E-state index contributed by atoms with van der Waals surface area (Å²) in [6.07, 6.45) is 2.00. The second-order valence-corrected chi connectivity index (χ2v) is 10.9. The minimum absolute atomic E-state index is 0.314. The van der Waals surface area contributed by atoms with Crippen LogP contribution in [0.5, 0.6) is 5.75 Å². The molecule has 1 saturated carbocycles. The van der Waals surface area contributed by atoms with Crippen LogP contribution in [0.15, 0.2) is 91.0 Å². The molecular weight excluding hydrogens is 492 g/mol. The molecule has 2 aliphatic heterocycles. The third-order valence-electron chi connectivity index (χ3n) is 9.09. The predicted molar refractivity (Wildman–Crippen MR) is 144 cm³/mol. The molecule has 2 heterocycles. The van der Waals surface area contributed by atoms with Gasteiger partial charge in [-0.3, -0.25) is 29.0 Å². The standard InChI is InChI=1S/C32H26N2O5/c1-32-17-22(18-13-15-21(39-2)16-14-18)23(24-26(32)30(37)33(28(24)35)19-9-5-3-6-10-19)25-27(32)31(38)34(29(25)36)20-11-7-4-8-12-20/h3-17,23-27H,1-2H3. The van der Waals surface area contributed by atoms with Crippen molar-refractivity contribution in [3.8, 4) is 5.75 Å². The van der Waals surface area contributed by atoms with Gasteiger partial charge in [0.1, 0.15) is 5.75 Å². The van der Waals surface area contributed by atoms with E-state index in [9.17, 15) is 19.2 Å². The van der Waals surface area contributed by atoms with Crippen LogP contribution in [-0.2, 0) is 19.2 Å². The van der Waals surface area contributed by atoms with Gasteiger partial charge in [0.2, 0.25) is 23.6 Å². The molecule has 0 radical (unpaired) electrons. The Morgan fingerprint density at radius 2 is 1.08 bits per heavy atom. The van der Waals surface area contributed by atoms with Gasteiger partial charge in [-0.2, -0.15) is 0 Å². The van der Waals surface area contributed by atoms with Gasteiger partial charge in [0.05, 0.1) is 42.2 Å². The van der Waals surface area contributed by atoms with E-state index in [1.807, 2.05) is 49.4 Å². The number of amides is 4. The second-order valence-electron chi connectivity index (χ2n) is 10.9. The number of allylic oxidation sites excluding steroid dienone is 2. The Labute approximate surface area is 225 Å². The summed E-state index contributed by atoms with van der Waals surface area (Å²) in [5, 5.41) is 0. The molecule has 4 amide bonds. The normalized spacial score (nSPS) is 30.9. The van der Waals surface area contributed by atoms with Crippen molar-refractivity contribution in [1.29, 1.82) is 0 Å². The highest BCUT2D eigenvalue weighted by molar-refractivity contribution is 6.27. The Kier molecular flexibility index (Phi) is 4.98. The van der Waals surface area contributed by atoms with E-state index < -0.39 is 35.0 Å². The summed E-state index contributed by atoms with van der Waals surface area (Å²) in [5.74, 6) is -4.19. The molecule has 0 spiro atoms. The molecule has 2 bridgehead atoms. The number of hydrogen-bond donors (Lipinski definition) is 0. The molecule has 3 aliphatic carbocycles. The Hall–Kier alpha value is -4.52. The van der Waals surface area contributed by atoms with Crippen molar-refractivity contribution < 1.29 is 23.9 Å². The molecule has 0 aromatic heterocycles. The summed E-state index contributed by atoms with van der Waals surface area (Å²) in [7, 11) is 1.59. The summed E-state index contributed by atoms with van der Waals surface area (Å²) >= 11 is 0. The van der Waals surface area contributed by atoms with Gasteiger partial charge < -0.3 is 4.74 Å². The van der Waals surface area contributed by atoms with Crippen molar-refractivity contribution in [2.75, 3.05) is 16.9 Å². The van der Waals surface area contributed by atoms with Crippen molar-refractivity contribution in [3.63, 3.8) is 0 Å². The first kappa shape index (κ1) is 23.6. The molecule has 3 aromatic carbocycles. The van der Waals surface area contributed by atoms with E-state index in [1.165, 1.54) is 9.80 Å². The van der Waals surface area contributed by atoms with Gasteiger partial charge in [0, 0.05) is 11.3 Å². The largest absolute Gasteiger partial charge is 0.497 e. The molecule has 7 heteroatoms. The molecule has 194 valence electrons. The molecule has 3 fully saturated rings. The van der Waals surface area contributed by atoms with E-state index in [0.29, 0.717) is 17.1 Å². The van der Waals surface area contributed by atoms with E-state index in [2.05, 4.69) is 0 Å². The SMILES string of the molecule is COc1ccc(C2=CC3(C)C4C(=O)N(c5ccccc5)C(=O)C4C2C2C(=O)N(c4ccccc4)C(=O)C23)cc1. The van der Waals surface area contributed by atoms with Gasteiger partial charge in [-0.25, -0.2) is 0 Å². The maximum Gasteiger partial charge on any atom is 0.238 e. The smallest absolute Gasteiger partial charge is 0.238 e.